The Hall–Kier alpha value is -0.430. The third-order valence-electron chi connectivity index (χ3n) is 2.46. The Labute approximate surface area is 113 Å². The van der Waals surface area contributed by atoms with Gasteiger partial charge in [0.05, 0.1) is 0 Å². The molecule has 1 unspecified atom stereocenters. The molecule has 106 valence electrons. The summed E-state index contributed by atoms with van der Waals surface area (Å²) in [6.07, 6.45) is 1.73. The highest BCUT2D eigenvalue weighted by Gasteiger charge is 2.30. The molecule has 1 amide bonds. The van der Waals surface area contributed by atoms with Crippen LogP contribution in [0.2, 0.25) is 0 Å². The second-order valence-electron chi connectivity index (χ2n) is 5.57. The summed E-state index contributed by atoms with van der Waals surface area (Å²) in [5.74, 6) is 0.773. The number of hydrogen-bond acceptors (Lipinski definition) is 5. The van der Waals surface area contributed by atoms with Gasteiger partial charge in [-0.25, -0.2) is 13.2 Å². The number of carbonyl (C=O) groups excluding carboxylic acids is 1. The first-order chi connectivity index (χ1) is 8.07. The Morgan fingerprint density at radius 1 is 1.44 bits per heavy atom. The summed E-state index contributed by atoms with van der Waals surface area (Å²) >= 11 is 0. The van der Waals surface area contributed by atoms with Crippen molar-refractivity contribution in [2.75, 3.05) is 25.1 Å². The van der Waals surface area contributed by atoms with Crippen molar-refractivity contribution in [3.8, 4) is 0 Å². The summed E-state index contributed by atoms with van der Waals surface area (Å²) in [5.41, 5.74) is -0.489. The lowest BCUT2D eigenvalue weighted by atomic mass is 10.2. The summed E-state index contributed by atoms with van der Waals surface area (Å²) in [6, 6.07) is 0. The van der Waals surface area contributed by atoms with Crippen LogP contribution in [0.4, 0.5) is 4.79 Å². The molecule has 0 spiro atoms. The minimum absolute atomic E-state index is 0.234. The van der Waals surface area contributed by atoms with Crippen molar-refractivity contribution >= 4 is 25.8 Å². The highest BCUT2D eigenvalue weighted by Crippen LogP contribution is 2.24. The fraction of sp³-hybridized carbons (Fsp3) is 0.909. The summed E-state index contributed by atoms with van der Waals surface area (Å²) in [5, 5.41) is 0. The zero-order chi connectivity index (χ0) is 14.0. The summed E-state index contributed by atoms with van der Waals surface area (Å²) in [6.45, 7) is 6.72. The third kappa shape index (κ3) is 5.95. The largest absolute Gasteiger partial charge is 0.444 e. The molecular weight excluding hydrogens is 274 g/mol. The maximum Gasteiger partial charge on any atom is 0.410 e. The maximum absolute atomic E-state index is 11.8. The number of amides is 1. The van der Waals surface area contributed by atoms with Gasteiger partial charge in [-0.05, 0) is 43.9 Å². The fourth-order valence-electron chi connectivity index (χ4n) is 1.68. The topological polar surface area (TPSA) is 63.7 Å². The average molecular weight is 295 g/mol. The van der Waals surface area contributed by atoms with E-state index in [-0.39, 0.29) is 12.0 Å². The molecule has 0 aromatic heterocycles. The summed E-state index contributed by atoms with van der Waals surface area (Å²) in [4.78, 5) is 13.4. The number of likely N-dealkylation sites (tertiary alicyclic amines) is 1. The van der Waals surface area contributed by atoms with Gasteiger partial charge in [0.1, 0.15) is 5.60 Å². The molecule has 18 heavy (non-hydrogen) atoms. The number of carbonyl (C=O) groups is 1. The minimum Gasteiger partial charge on any atom is -0.444 e. The van der Waals surface area contributed by atoms with Crippen molar-refractivity contribution in [2.45, 2.75) is 32.8 Å². The molecule has 0 aromatic carbocycles. The van der Waals surface area contributed by atoms with Crippen molar-refractivity contribution < 1.29 is 17.9 Å². The first kappa shape index (κ1) is 15.6. The lowest BCUT2D eigenvalue weighted by Crippen LogP contribution is -2.35. The number of hydrogen-bond donors (Lipinski definition) is 0. The smallest absolute Gasteiger partial charge is 0.410 e. The molecule has 0 aliphatic carbocycles. The number of ether oxygens (including phenoxy) is 1. The zero-order valence-corrected chi connectivity index (χ0v) is 12.9. The fourth-order valence-corrected chi connectivity index (χ4v) is 3.71. The van der Waals surface area contributed by atoms with E-state index in [1.54, 1.807) is 4.90 Å². The standard InChI is InChI=1S/C11H21NO4S2/c1-11(2,3)16-10(13)12-6-5-9(7-12)8-17-18(4,14)15/h9H,5-8H2,1-4H3. The lowest BCUT2D eigenvalue weighted by Gasteiger charge is -2.24. The van der Waals surface area contributed by atoms with Crippen molar-refractivity contribution in [1.82, 2.24) is 4.90 Å². The second-order valence-corrected chi connectivity index (χ2v) is 10.1. The van der Waals surface area contributed by atoms with E-state index in [2.05, 4.69) is 0 Å². The van der Waals surface area contributed by atoms with E-state index in [0.29, 0.717) is 18.8 Å². The normalized spacial score (nSPS) is 21.1. The van der Waals surface area contributed by atoms with Crippen LogP contribution in [0.1, 0.15) is 27.2 Å². The molecule has 1 aliphatic rings. The van der Waals surface area contributed by atoms with Gasteiger partial charge in [0, 0.05) is 25.1 Å². The van der Waals surface area contributed by atoms with Gasteiger partial charge in [0.25, 0.3) is 0 Å². The van der Waals surface area contributed by atoms with E-state index >= 15 is 0 Å². The van der Waals surface area contributed by atoms with Crippen LogP contribution in [0, 0.1) is 5.92 Å². The summed E-state index contributed by atoms with van der Waals surface area (Å²) in [7, 11) is -2.04. The van der Waals surface area contributed by atoms with E-state index in [0.717, 1.165) is 17.2 Å². The molecule has 7 heteroatoms. The predicted molar refractivity (Wildman–Crippen MR) is 73.2 cm³/mol. The van der Waals surface area contributed by atoms with Crippen LogP contribution >= 0.6 is 10.8 Å². The third-order valence-corrected chi connectivity index (χ3v) is 5.18. The first-order valence-corrected chi connectivity index (χ1v) is 9.28. The van der Waals surface area contributed by atoms with Crippen molar-refractivity contribution in [3.63, 3.8) is 0 Å². The highest BCUT2D eigenvalue weighted by atomic mass is 33.1. The van der Waals surface area contributed by atoms with Crippen LogP contribution in [-0.2, 0) is 13.6 Å². The van der Waals surface area contributed by atoms with Crippen LogP contribution in [0.3, 0.4) is 0 Å². The van der Waals surface area contributed by atoms with Gasteiger partial charge in [-0.2, -0.15) is 0 Å². The molecule has 0 saturated carbocycles. The van der Waals surface area contributed by atoms with Gasteiger partial charge in [0.15, 0.2) is 8.87 Å². The molecular formula is C11H21NO4S2. The second kappa shape index (κ2) is 5.69. The molecule has 1 fully saturated rings. The van der Waals surface area contributed by atoms with Crippen LogP contribution in [0.5, 0.6) is 0 Å². The van der Waals surface area contributed by atoms with Gasteiger partial charge in [0.2, 0.25) is 0 Å². The van der Waals surface area contributed by atoms with Gasteiger partial charge in [-0.1, -0.05) is 0 Å². The van der Waals surface area contributed by atoms with Gasteiger partial charge >= 0.3 is 6.09 Å². The predicted octanol–water partition coefficient (Wildman–Crippen LogP) is 1.94. The van der Waals surface area contributed by atoms with Crippen molar-refractivity contribution in [2.24, 2.45) is 5.92 Å². The van der Waals surface area contributed by atoms with Crippen LogP contribution in [-0.4, -0.2) is 50.1 Å². The molecule has 0 radical (unpaired) electrons. The first-order valence-electron chi connectivity index (χ1n) is 5.89. The molecule has 1 saturated heterocycles. The van der Waals surface area contributed by atoms with E-state index in [1.807, 2.05) is 20.8 Å². The average Bonchev–Trinajstić information content (AvgIpc) is 2.58. The van der Waals surface area contributed by atoms with Crippen LogP contribution in [0.25, 0.3) is 0 Å². The molecule has 1 atom stereocenters. The monoisotopic (exact) mass is 295 g/mol. The number of nitrogens with zero attached hydrogens (tertiary/aromatic N) is 1. The SMILES string of the molecule is CC(C)(C)OC(=O)N1CCC(CSS(C)(=O)=O)C1. The zero-order valence-electron chi connectivity index (χ0n) is 11.3. The Bertz CT molecular complexity index is 400. The van der Waals surface area contributed by atoms with Gasteiger partial charge in [-0.15, -0.1) is 0 Å². The molecule has 1 aliphatic heterocycles. The van der Waals surface area contributed by atoms with E-state index in [9.17, 15) is 13.2 Å². The summed E-state index contributed by atoms with van der Waals surface area (Å²) < 4.78 is 27.4. The van der Waals surface area contributed by atoms with E-state index in [4.69, 9.17) is 4.74 Å². The minimum atomic E-state index is -3.00. The Morgan fingerprint density at radius 2 is 2.06 bits per heavy atom. The Balaban J connectivity index is 2.39. The Kier molecular flexibility index (Phi) is 4.94. The van der Waals surface area contributed by atoms with Crippen molar-refractivity contribution in [1.29, 1.82) is 0 Å². The molecule has 1 heterocycles. The molecule has 0 aromatic rings. The van der Waals surface area contributed by atoms with Gasteiger partial charge in [-0.3, -0.25) is 0 Å². The molecule has 1 rings (SSSR count). The van der Waals surface area contributed by atoms with Gasteiger partial charge < -0.3 is 9.64 Å². The van der Waals surface area contributed by atoms with Crippen molar-refractivity contribution in [3.05, 3.63) is 0 Å². The highest BCUT2D eigenvalue weighted by molar-refractivity contribution is 8.71. The van der Waals surface area contributed by atoms with Crippen LogP contribution in [0.15, 0.2) is 0 Å². The maximum atomic E-state index is 11.8. The quantitative estimate of drug-likeness (QED) is 0.745. The van der Waals surface area contributed by atoms with E-state index < -0.39 is 14.5 Å². The lowest BCUT2D eigenvalue weighted by molar-refractivity contribution is 0.0289. The molecule has 0 bridgehead atoms. The molecule has 5 nitrogen and oxygen atoms in total. The molecule has 0 N–H and O–H groups in total. The number of rotatable bonds is 3. The Morgan fingerprint density at radius 3 is 2.56 bits per heavy atom. The van der Waals surface area contributed by atoms with Crippen LogP contribution < -0.4 is 0 Å². The van der Waals surface area contributed by atoms with E-state index in [1.165, 1.54) is 6.26 Å².